The Balaban J connectivity index is 2.25. The van der Waals surface area contributed by atoms with Gasteiger partial charge in [0.05, 0.1) is 0 Å². The van der Waals surface area contributed by atoms with Gasteiger partial charge in [-0.15, -0.1) is 0 Å². The van der Waals surface area contributed by atoms with Crippen LogP contribution in [-0.4, -0.2) is 40.9 Å². The molecule has 0 aliphatic carbocycles. The molecule has 0 bridgehead atoms. The molecule has 0 saturated heterocycles. The summed E-state index contributed by atoms with van der Waals surface area (Å²) in [7, 11) is 0. The van der Waals surface area contributed by atoms with Gasteiger partial charge in [-0.25, -0.2) is 4.79 Å². The normalized spacial score (nSPS) is 12.4. The van der Waals surface area contributed by atoms with Crippen molar-refractivity contribution in [1.29, 1.82) is 0 Å². The molecular formula is C31H50N2O6. The van der Waals surface area contributed by atoms with Crippen LogP contribution >= 0.6 is 0 Å². The fourth-order valence-corrected chi connectivity index (χ4v) is 4.33. The van der Waals surface area contributed by atoms with E-state index in [1.54, 1.807) is 19.1 Å². The number of carboxylic acids is 1. The maximum atomic E-state index is 12.6. The molecule has 1 aromatic carbocycles. The van der Waals surface area contributed by atoms with Crippen molar-refractivity contribution >= 4 is 23.8 Å². The lowest BCUT2D eigenvalue weighted by atomic mass is 10.0. The average molecular weight is 547 g/mol. The highest BCUT2D eigenvalue weighted by Gasteiger charge is 2.26. The molecule has 0 unspecified atom stereocenters. The second-order valence-electron chi connectivity index (χ2n) is 10.4. The van der Waals surface area contributed by atoms with Crippen molar-refractivity contribution in [2.24, 2.45) is 0 Å². The van der Waals surface area contributed by atoms with Crippen molar-refractivity contribution in [1.82, 2.24) is 10.6 Å². The Hall–Kier alpha value is -2.90. The predicted molar refractivity (Wildman–Crippen MR) is 153 cm³/mol. The van der Waals surface area contributed by atoms with E-state index < -0.39 is 29.9 Å². The molecule has 3 N–H and O–H groups in total. The largest absolute Gasteiger partial charge is 0.481 e. The van der Waals surface area contributed by atoms with E-state index in [4.69, 9.17) is 9.84 Å². The molecule has 39 heavy (non-hydrogen) atoms. The third-order valence-electron chi connectivity index (χ3n) is 6.75. The molecule has 0 saturated carbocycles. The van der Waals surface area contributed by atoms with Crippen LogP contribution in [0.25, 0.3) is 0 Å². The summed E-state index contributed by atoms with van der Waals surface area (Å²) in [5, 5.41) is 14.2. The second-order valence-corrected chi connectivity index (χ2v) is 10.4. The van der Waals surface area contributed by atoms with Crippen LogP contribution in [-0.2, 0) is 30.5 Å². The lowest BCUT2D eigenvalue weighted by Gasteiger charge is -2.20. The lowest BCUT2D eigenvalue weighted by molar-refractivity contribution is -0.150. The number of nitrogens with one attached hydrogen (secondary N) is 2. The van der Waals surface area contributed by atoms with Crippen LogP contribution in [0.1, 0.15) is 122 Å². The molecule has 0 radical (unpaired) electrons. The van der Waals surface area contributed by atoms with E-state index in [0.717, 1.165) is 24.8 Å². The summed E-state index contributed by atoms with van der Waals surface area (Å²) in [4.78, 5) is 48.5. The Bertz CT molecular complexity index is 830. The Morgan fingerprint density at radius 2 is 1.31 bits per heavy atom. The molecule has 2 amide bonds. The number of benzene rings is 1. The lowest BCUT2D eigenvalue weighted by Crippen LogP contribution is -2.50. The minimum atomic E-state index is -1.11. The maximum Gasteiger partial charge on any atom is 0.328 e. The number of aliphatic carboxylic acids is 1. The van der Waals surface area contributed by atoms with E-state index in [9.17, 15) is 19.2 Å². The summed E-state index contributed by atoms with van der Waals surface area (Å²) in [6.07, 6.45) is 15.9. The van der Waals surface area contributed by atoms with Crippen LogP contribution in [0.5, 0.6) is 0 Å². The average Bonchev–Trinajstić information content (AvgIpc) is 2.92. The number of esters is 1. The number of unbranched alkanes of at least 4 members (excludes halogenated alkanes) is 12. The van der Waals surface area contributed by atoms with E-state index in [0.29, 0.717) is 6.42 Å². The van der Waals surface area contributed by atoms with Crippen LogP contribution in [0.3, 0.4) is 0 Å². The molecule has 0 fully saturated rings. The molecule has 1 rings (SSSR count). The van der Waals surface area contributed by atoms with Crippen LogP contribution in [0.2, 0.25) is 0 Å². The quantitative estimate of drug-likeness (QED) is 0.113. The summed E-state index contributed by atoms with van der Waals surface area (Å²) in [6, 6.07) is 7.10. The topological polar surface area (TPSA) is 122 Å². The zero-order valence-corrected chi connectivity index (χ0v) is 24.1. The van der Waals surface area contributed by atoms with Crippen LogP contribution in [0.4, 0.5) is 0 Å². The Morgan fingerprint density at radius 3 is 1.85 bits per heavy atom. The molecular weight excluding hydrogens is 496 g/mol. The van der Waals surface area contributed by atoms with E-state index in [2.05, 4.69) is 17.6 Å². The first-order chi connectivity index (χ1) is 18.8. The number of carbonyl (C=O) groups excluding carboxylic acids is 3. The zero-order chi connectivity index (χ0) is 28.7. The van der Waals surface area contributed by atoms with Gasteiger partial charge in [-0.2, -0.15) is 0 Å². The smallest absolute Gasteiger partial charge is 0.328 e. The third-order valence-corrected chi connectivity index (χ3v) is 6.75. The molecule has 1 aromatic rings. The van der Waals surface area contributed by atoms with E-state index >= 15 is 0 Å². The zero-order valence-electron chi connectivity index (χ0n) is 24.1. The van der Waals surface area contributed by atoms with Crippen LogP contribution in [0.15, 0.2) is 30.3 Å². The van der Waals surface area contributed by atoms with Gasteiger partial charge in [0.2, 0.25) is 11.8 Å². The standard InChI is InChI=1S/C31H50N2O6/c1-3-4-5-6-7-8-9-10-11-12-13-14-18-21-28(34)32-25(2)30(37)33-27(22-23-29(35)36)31(38)39-24-26-19-16-15-17-20-26/h15-17,19-20,25,27H,3-14,18,21-24H2,1-2H3,(H,32,34)(H,33,37)(H,35,36)/t25-,27+/m0/s1. The van der Waals surface area contributed by atoms with Crippen LogP contribution in [0, 0.1) is 0 Å². The number of amides is 2. The summed E-state index contributed by atoms with van der Waals surface area (Å²) >= 11 is 0. The van der Waals surface area contributed by atoms with Gasteiger partial charge >= 0.3 is 11.9 Å². The molecule has 0 aliphatic heterocycles. The highest BCUT2D eigenvalue weighted by molar-refractivity contribution is 5.90. The van der Waals surface area contributed by atoms with Crippen molar-refractivity contribution in [3.05, 3.63) is 35.9 Å². The molecule has 0 heterocycles. The van der Waals surface area contributed by atoms with Gasteiger partial charge in [0, 0.05) is 12.8 Å². The van der Waals surface area contributed by atoms with Crippen molar-refractivity contribution in [3.63, 3.8) is 0 Å². The van der Waals surface area contributed by atoms with Gasteiger partial charge in [-0.3, -0.25) is 14.4 Å². The molecule has 8 nitrogen and oxygen atoms in total. The van der Waals surface area contributed by atoms with E-state index in [1.165, 1.54) is 64.2 Å². The number of ether oxygens (including phenoxy) is 1. The summed E-state index contributed by atoms with van der Waals surface area (Å²) in [5.41, 5.74) is 0.781. The van der Waals surface area contributed by atoms with Gasteiger partial charge in [0.25, 0.3) is 0 Å². The first-order valence-electron chi connectivity index (χ1n) is 14.9. The molecule has 0 aromatic heterocycles. The van der Waals surface area contributed by atoms with Crippen molar-refractivity contribution in [3.8, 4) is 0 Å². The third kappa shape index (κ3) is 18.1. The molecule has 0 aliphatic rings. The minimum Gasteiger partial charge on any atom is -0.481 e. The van der Waals surface area contributed by atoms with Gasteiger partial charge in [-0.05, 0) is 25.3 Å². The molecule has 8 heteroatoms. The summed E-state index contributed by atoms with van der Waals surface area (Å²) < 4.78 is 5.28. The number of hydrogen-bond acceptors (Lipinski definition) is 5. The van der Waals surface area contributed by atoms with Gasteiger partial charge < -0.3 is 20.5 Å². The van der Waals surface area contributed by atoms with Crippen molar-refractivity contribution < 1.29 is 29.0 Å². The fraction of sp³-hybridized carbons (Fsp3) is 0.677. The SMILES string of the molecule is CCCCCCCCCCCCCCCC(=O)N[C@@H](C)C(=O)N[C@H](CCC(=O)O)C(=O)OCc1ccccc1. The molecule has 220 valence electrons. The minimum absolute atomic E-state index is 0.0184. The predicted octanol–water partition coefficient (Wildman–Crippen LogP) is 6.07. The Labute approximate surface area is 234 Å². The van der Waals surface area contributed by atoms with Crippen molar-refractivity contribution in [2.45, 2.75) is 135 Å². The van der Waals surface area contributed by atoms with Crippen LogP contribution < -0.4 is 10.6 Å². The molecule has 2 atom stereocenters. The van der Waals surface area contributed by atoms with E-state index in [-0.39, 0.29) is 25.4 Å². The number of carboxylic acid groups (broad SMARTS) is 1. The highest BCUT2D eigenvalue weighted by Crippen LogP contribution is 2.13. The fourth-order valence-electron chi connectivity index (χ4n) is 4.33. The van der Waals surface area contributed by atoms with Crippen molar-refractivity contribution in [2.75, 3.05) is 0 Å². The highest BCUT2D eigenvalue weighted by atomic mass is 16.5. The monoisotopic (exact) mass is 546 g/mol. The van der Waals surface area contributed by atoms with Gasteiger partial charge in [0.1, 0.15) is 18.7 Å². The number of rotatable bonds is 23. The second kappa shape index (κ2) is 22.0. The van der Waals surface area contributed by atoms with Gasteiger partial charge in [-0.1, -0.05) is 114 Å². The Kier molecular flexibility index (Phi) is 19.2. The van der Waals surface area contributed by atoms with E-state index in [1.807, 2.05) is 18.2 Å². The first-order valence-corrected chi connectivity index (χ1v) is 14.9. The summed E-state index contributed by atoms with van der Waals surface area (Å²) in [5.74, 6) is -2.56. The Morgan fingerprint density at radius 1 is 0.769 bits per heavy atom. The maximum absolute atomic E-state index is 12.6. The first kappa shape index (κ1) is 34.1. The number of hydrogen-bond donors (Lipinski definition) is 3. The molecule has 0 spiro atoms. The number of carbonyl (C=O) groups is 4. The van der Waals surface area contributed by atoms with Gasteiger partial charge in [0.15, 0.2) is 0 Å². The summed E-state index contributed by atoms with van der Waals surface area (Å²) in [6.45, 7) is 3.80.